The maximum atomic E-state index is 11.6. The average molecular weight is 217 g/mol. The van der Waals surface area contributed by atoms with E-state index in [4.69, 9.17) is 9.84 Å². The molecule has 4 heteroatoms. The van der Waals surface area contributed by atoms with Crippen LogP contribution >= 0.6 is 0 Å². The van der Waals surface area contributed by atoms with Gasteiger partial charge in [-0.3, -0.25) is 9.69 Å². The van der Waals surface area contributed by atoms with Gasteiger partial charge in [-0.05, 0) is 27.3 Å². The van der Waals surface area contributed by atoms with E-state index in [1.54, 1.807) is 6.92 Å². The highest BCUT2D eigenvalue weighted by atomic mass is 16.5. The van der Waals surface area contributed by atoms with Gasteiger partial charge in [0.1, 0.15) is 6.04 Å². The van der Waals surface area contributed by atoms with Crippen molar-refractivity contribution in [1.82, 2.24) is 4.90 Å². The predicted molar refractivity (Wildman–Crippen MR) is 59.6 cm³/mol. The number of esters is 1. The highest BCUT2D eigenvalue weighted by molar-refractivity contribution is 5.75. The van der Waals surface area contributed by atoms with Crippen molar-refractivity contribution in [3.8, 4) is 0 Å². The molecule has 4 nitrogen and oxygen atoms in total. The Labute approximate surface area is 92.2 Å². The Kier molecular flexibility index (Phi) is 7.34. The first-order valence-corrected chi connectivity index (χ1v) is 5.57. The van der Waals surface area contributed by atoms with Crippen LogP contribution in [0.15, 0.2) is 0 Å². The summed E-state index contributed by atoms with van der Waals surface area (Å²) in [5, 5.41) is 9.04. The van der Waals surface area contributed by atoms with Crippen LogP contribution in [0.3, 0.4) is 0 Å². The second-order valence-electron chi connectivity index (χ2n) is 3.75. The molecule has 0 rings (SSSR count). The van der Waals surface area contributed by atoms with E-state index in [0.717, 1.165) is 12.8 Å². The van der Waals surface area contributed by atoms with Gasteiger partial charge in [0.05, 0.1) is 13.2 Å². The monoisotopic (exact) mass is 217 g/mol. The van der Waals surface area contributed by atoms with Gasteiger partial charge in [-0.1, -0.05) is 13.3 Å². The molecule has 0 aromatic rings. The van der Waals surface area contributed by atoms with Gasteiger partial charge in [-0.25, -0.2) is 0 Å². The van der Waals surface area contributed by atoms with Crippen LogP contribution in [0.1, 0.15) is 33.6 Å². The molecule has 0 aromatic carbocycles. The molecule has 0 spiro atoms. The molecule has 0 radical (unpaired) electrons. The summed E-state index contributed by atoms with van der Waals surface area (Å²) in [6.07, 6.45) is 1.69. The van der Waals surface area contributed by atoms with E-state index in [1.165, 1.54) is 0 Å². The number of ether oxygens (including phenoxy) is 1. The van der Waals surface area contributed by atoms with Crippen LogP contribution in [0, 0.1) is 0 Å². The number of rotatable bonds is 7. The van der Waals surface area contributed by atoms with Crippen LogP contribution in [0.4, 0.5) is 0 Å². The molecule has 0 amide bonds. The molecular formula is C11H23NO3. The lowest BCUT2D eigenvalue weighted by Gasteiger charge is -2.30. The summed E-state index contributed by atoms with van der Waals surface area (Å²) in [6.45, 7) is 6.18. The van der Waals surface area contributed by atoms with Gasteiger partial charge in [0, 0.05) is 6.04 Å². The molecule has 0 heterocycles. The zero-order valence-electron chi connectivity index (χ0n) is 10.2. The molecule has 2 atom stereocenters. The summed E-state index contributed by atoms with van der Waals surface area (Å²) >= 11 is 0. The Morgan fingerprint density at radius 1 is 1.47 bits per heavy atom. The first kappa shape index (κ1) is 14.4. The lowest BCUT2D eigenvalue weighted by Crippen LogP contribution is -2.45. The molecule has 0 aliphatic carbocycles. The smallest absolute Gasteiger partial charge is 0.323 e. The maximum absolute atomic E-state index is 11.6. The number of nitrogens with zero attached hydrogens (tertiary/aromatic N) is 1. The Morgan fingerprint density at radius 2 is 2.07 bits per heavy atom. The Morgan fingerprint density at radius 3 is 2.47 bits per heavy atom. The summed E-state index contributed by atoms with van der Waals surface area (Å²) in [7, 11) is 1.85. The van der Waals surface area contributed by atoms with E-state index in [-0.39, 0.29) is 24.7 Å². The number of carbonyl (C=O) groups is 1. The van der Waals surface area contributed by atoms with Crippen molar-refractivity contribution in [2.45, 2.75) is 45.7 Å². The first-order chi connectivity index (χ1) is 7.08. The van der Waals surface area contributed by atoms with Crippen molar-refractivity contribution in [2.75, 3.05) is 20.3 Å². The van der Waals surface area contributed by atoms with E-state index in [9.17, 15) is 4.79 Å². The minimum atomic E-state index is -0.239. The van der Waals surface area contributed by atoms with Crippen LogP contribution in [0.5, 0.6) is 0 Å². The highest BCUT2D eigenvalue weighted by Crippen LogP contribution is 2.10. The fourth-order valence-electron chi connectivity index (χ4n) is 1.44. The highest BCUT2D eigenvalue weighted by Gasteiger charge is 2.26. The summed E-state index contributed by atoms with van der Waals surface area (Å²) in [4.78, 5) is 13.5. The van der Waals surface area contributed by atoms with Crippen molar-refractivity contribution in [3.63, 3.8) is 0 Å². The summed E-state index contributed by atoms with van der Waals surface area (Å²) in [6, 6.07) is -0.261. The fraction of sp³-hybridized carbons (Fsp3) is 0.909. The van der Waals surface area contributed by atoms with Crippen LogP contribution in [-0.2, 0) is 9.53 Å². The van der Waals surface area contributed by atoms with Gasteiger partial charge in [0.2, 0.25) is 0 Å². The minimum absolute atomic E-state index is 0.0223. The lowest BCUT2D eigenvalue weighted by atomic mass is 10.1. The van der Waals surface area contributed by atoms with Crippen molar-refractivity contribution >= 4 is 5.97 Å². The maximum Gasteiger partial charge on any atom is 0.323 e. The second kappa shape index (κ2) is 7.65. The van der Waals surface area contributed by atoms with E-state index < -0.39 is 0 Å². The molecule has 0 aromatic heterocycles. The number of aliphatic hydroxyl groups excluding tert-OH is 1. The Hall–Kier alpha value is -0.610. The number of carbonyl (C=O) groups excluding carboxylic acids is 1. The third kappa shape index (κ3) is 4.62. The van der Waals surface area contributed by atoms with Gasteiger partial charge in [-0.15, -0.1) is 0 Å². The average Bonchev–Trinajstić information content (AvgIpc) is 2.24. The summed E-state index contributed by atoms with van der Waals surface area (Å²) in [5.41, 5.74) is 0. The topological polar surface area (TPSA) is 49.8 Å². The van der Waals surface area contributed by atoms with E-state index in [1.807, 2.05) is 25.8 Å². The molecule has 15 heavy (non-hydrogen) atoms. The largest absolute Gasteiger partial charge is 0.465 e. The summed E-state index contributed by atoms with van der Waals surface area (Å²) < 4.78 is 5.01. The van der Waals surface area contributed by atoms with Crippen molar-refractivity contribution in [1.29, 1.82) is 0 Å². The Balaban J connectivity index is 4.42. The zero-order chi connectivity index (χ0) is 11.8. The van der Waals surface area contributed by atoms with Gasteiger partial charge in [-0.2, -0.15) is 0 Å². The van der Waals surface area contributed by atoms with E-state index >= 15 is 0 Å². The standard InChI is InChI=1S/C11H23NO3/c1-5-7-10(11(14)15-6-2)12(4)9(3)8-13/h9-10,13H,5-8H2,1-4H3. The van der Waals surface area contributed by atoms with Crippen LogP contribution in [0.25, 0.3) is 0 Å². The molecule has 0 saturated carbocycles. The first-order valence-electron chi connectivity index (χ1n) is 5.57. The van der Waals surface area contributed by atoms with E-state index in [0.29, 0.717) is 6.61 Å². The van der Waals surface area contributed by atoms with Gasteiger partial charge >= 0.3 is 5.97 Å². The lowest BCUT2D eigenvalue weighted by molar-refractivity contribution is -0.150. The number of likely N-dealkylation sites (N-methyl/N-ethyl adjacent to an activating group) is 1. The Bertz CT molecular complexity index is 185. The van der Waals surface area contributed by atoms with Gasteiger partial charge in [0.15, 0.2) is 0 Å². The van der Waals surface area contributed by atoms with Gasteiger partial charge in [0.25, 0.3) is 0 Å². The van der Waals surface area contributed by atoms with E-state index in [2.05, 4.69) is 0 Å². The third-order valence-corrected chi connectivity index (χ3v) is 2.57. The molecular weight excluding hydrogens is 194 g/mol. The molecule has 0 saturated heterocycles. The predicted octanol–water partition coefficient (Wildman–Crippen LogP) is 1.03. The van der Waals surface area contributed by atoms with Crippen molar-refractivity contribution < 1.29 is 14.6 Å². The number of hydrogen-bond donors (Lipinski definition) is 1. The normalized spacial score (nSPS) is 15.1. The molecule has 2 unspecified atom stereocenters. The minimum Gasteiger partial charge on any atom is -0.465 e. The van der Waals surface area contributed by atoms with Crippen LogP contribution in [0.2, 0.25) is 0 Å². The van der Waals surface area contributed by atoms with Crippen LogP contribution < -0.4 is 0 Å². The number of aliphatic hydroxyl groups is 1. The molecule has 0 bridgehead atoms. The zero-order valence-corrected chi connectivity index (χ0v) is 10.2. The third-order valence-electron chi connectivity index (χ3n) is 2.57. The van der Waals surface area contributed by atoms with Crippen molar-refractivity contribution in [2.24, 2.45) is 0 Å². The van der Waals surface area contributed by atoms with Crippen LogP contribution in [-0.4, -0.2) is 48.3 Å². The number of hydrogen-bond acceptors (Lipinski definition) is 4. The molecule has 0 aliphatic rings. The summed E-state index contributed by atoms with van der Waals surface area (Å²) in [5.74, 6) is -0.192. The molecule has 0 fully saturated rings. The van der Waals surface area contributed by atoms with Gasteiger partial charge < -0.3 is 9.84 Å². The molecule has 90 valence electrons. The fourth-order valence-corrected chi connectivity index (χ4v) is 1.44. The quantitative estimate of drug-likeness (QED) is 0.647. The molecule has 0 aliphatic heterocycles. The molecule has 1 N–H and O–H groups in total. The van der Waals surface area contributed by atoms with Crippen molar-refractivity contribution in [3.05, 3.63) is 0 Å². The SMILES string of the molecule is CCCC(C(=O)OCC)N(C)C(C)CO. The second-order valence-corrected chi connectivity index (χ2v) is 3.75.